The first-order valence-corrected chi connectivity index (χ1v) is 7.92. The second kappa shape index (κ2) is 5.91. The second-order valence-corrected chi connectivity index (χ2v) is 7.76. The summed E-state index contributed by atoms with van der Waals surface area (Å²) in [6.45, 7) is 13.2. The van der Waals surface area contributed by atoms with Gasteiger partial charge in [-0.2, -0.15) is 0 Å². The van der Waals surface area contributed by atoms with E-state index in [-0.39, 0.29) is 17.2 Å². The fourth-order valence-corrected chi connectivity index (χ4v) is 2.78. The summed E-state index contributed by atoms with van der Waals surface area (Å²) >= 11 is 0. The molecular weight excluding hydrogens is 292 g/mol. The number of nitrogens with zero attached hydrogens (tertiary/aromatic N) is 4. The Morgan fingerprint density at radius 3 is 2.13 bits per heavy atom. The molecule has 1 aromatic heterocycles. The third-order valence-corrected chi connectivity index (χ3v) is 4.16. The summed E-state index contributed by atoms with van der Waals surface area (Å²) in [6, 6.07) is 0. The SMILES string of the molecule is CC(=O)N1CCN(C(=O)c2cnc(C(C)(C)C)nc2)C(C)(C)C1. The van der Waals surface area contributed by atoms with Gasteiger partial charge in [0.2, 0.25) is 5.91 Å². The monoisotopic (exact) mass is 318 g/mol. The minimum atomic E-state index is -0.413. The lowest BCUT2D eigenvalue weighted by Crippen LogP contribution is -2.61. The fraction of sp³-hybridized carbons (Fsp3) is 0.647. The molecule has 0 saturated carbocycles. The van der Waals surface area contributed by atoms with Crippen LogP contribution in [0.25, 0.3) is 0 Å². The topological polar surface area (TPSA) is 66.4 Å². The maximum atomic E-state index is 12.8. The van der Waals surface area contributed by atoms with Gasteiger partial charge in [-0.25, -0.2) is 9.97 Å². The van der Waals surface area contributed by atoms with Crippen molar-refractivity contribution in [3.05, 3.63) is 23.8 Å². The summed E-state index contributed by atoms with van der Waals surface area (Å²) in [4.78, 5) is 36.6. The van der Waals surface area contributed by atoms with Gasteiger partial charge < -0.3 is 9.80 Å². The average molecular weight is 318 g/mol. The smallest absolute Gasteiger partial charge is 0.257 e. The summed E-state index contributed by atoms with van der Waals surface area (Å²) in [5, 5.41) is 0. The van der Waals surface area contributed by atoms with Crippen LogP contribution in [0.3, 0.4) is 0 Å². The highest BCUT2D eigenvalue weighted by Gasteiger charge is 2.38. The minimum Gasteiger partial charge on any atom is -0.339 e. The molecule has 1 aromatic rings. The molecule has 0 atom stereocenters. The van der Waals surface area contributed by atoms with Gasteiger partial charge >= 0.3 is 0 Å². The zero-order valence-corrected chi connectivity index (χ0v) is 14.9. The lowest BCUT2D eigenvalue weighted by molar-refractivity contribution is -0.133. The number of amides is 2. The van der Waals surface area contributed by atoms with Crippen molar-refractivity contribution in [2.24, 2.45) is 0 Å². The van der Waals surface area contributed by atoms with Crippen LogP contribution in [0.1, 0.15) is 57.7 Å². The summed E-state index contributed by atoms with van der Waals surface area (Å²) in [6.07, 6.45) is 3.20. The molecule has 0 unspecified atom stereocenters. The van der Waals surface area contributed by atoms with Crippen LogP contribution in [0.4, 0.5) is 0 Å². The van der Waals surface area contributed by atoms with Crippen molar-refractivity contribution in [1.82, 2.24) is 19.8 Å². The maximum absolute atomic E-state index is 12.8. The zero-order chi connectivity index (χ0) is 17.4. The summed E-state index contributed by atoms with van der Waals surface area (Å²) in [5.74, 6) is 0.677. The Kier molecular flexibility index (Phi) is 4.46. The highest BCUT2D eigenvalue weighted by atomic mass is 16.2. The normalized spacial score (nSPS) is 18.0. The van der Waals surface area contributed by atoms with Crippen molar-refractivity contribution >= 4 is 11.8 Å². The van der Waals surface area contributed by atoms with E-state index in [0.717, 1.165) is 5.82 Å². The first kappa shape index (κ1) is 17.4. The zero-order valence-electron chi connectivity index (χ0n) is 14.9. The Balaban J connectivity index is 2.19. The van der Waals surface area contributed by atoms with Crippen molar-refractivity contribution in [2.45, 2.75) is 52.5 Å². The molecule has 126 valence electrons. The van der Waals surface area contributed by atoms with E-state index in [1.807, 2.05) is 39.5 Å². The van der Waals surface area contributed by atoms with E-state index < -0.39 is 5.54 Å². The number of carbonyl (C=O) groups is 2. The molecule has 1 saturated heterocycles. The van der Waals surface area contributed by atoms with E-state index in [1.54, 1.807) is 24.2 Å². The first-order valence-electron chi connectivity index (χ1n) is 7.92. The summed E-state index contributed by atoms with van der Waals surface area (Å²) < 4.78 is 0. The van der Waals surface area contributed by atoms with Crippen LogP contribution in [-0.2, 0) is 10.2 Å². The number of hydrogen-bond donors (Lipinski definition) is 0. The van der Waals surface area contributed by atoms with E-state index in [1.165, 1.54) is 0 Å². The molecule has 6 heteroatoms. The van der Waals surface area contributed by atoms with E-state index in [0.29, 0.717) is 25.2 Å². The van der Waals surface area contributed by atoms with E-state index in [9.17, 15) is 9.59 Å². The van der Waals surface area contributed by atoms with Crippen LogP contribution < -0.4 is 0 Å². The molecule has 23 heavy (non-hydrogen) atoms. The van der Waals surface area contributed by atoms with Crippen molar-refractivity contribution in [2.75, 3.05) is 19.6 Å². The van der Waals surface area contributed by atoms with Crippen molar-refractivity contribution in [3.8, 4) is 0 Å². The van der Waals surface area contributed by atoms with Gasteiger partial charge in [0.1, 0.15) is 5.82 Å². The summed E-state index contributed by atoms with van der Waals surface area (Å²) in [5.41, 5.74) is -0.0696. The van der Waals surface area contributed by atoms with E-state index in [2.05, 4.69) is 9.97 Å². The maximum Gasteiger partial charge on any atom is 0.257 e. The van der Waals surface area contributed by atoms with Gasteiger partial charge in [-0.15, -0.1) is 0 Å². The first-order chi connectivity index (χ1) is 10.5. The van der Waals surface area contributed by atoms with Gasteiger partial charge in [-0.05, 0) is 13.8 Å². The van der Waals surface area contributed by atoms with Crippen molar-refractivity contribution in [1.29, 1.82) is 0 Å². The Morgan fingerprint density at radius 2 is 1.70 bits per heavy atom. The predicted molar refractivity (Wildman–Crippen MR) is 88.1 cm³/mol. The molecule has 0 aromatic carbocycles. The Labute approximate surface area is 137 Å². The van der Waals surface area contributed by atoms with Crippen LogP contribution in [0, 0.1) is 0 Å². The average Bonchev–Trinajstić information content (AvgIpc) is 2.44. The molecule has 2 amide bonds. The van der Waals surface area contributed by atoms with Gasteiger partial charge in [-0.3, -0.25) is 9.59 Å². The molecule has 6 nitrogen and oxygen atoms in total. The molecule has 2 heterocycles. The molecule has 1 fully saturated rings. The number of aromatic nitrogens is 2. The molecule has 0 spiro atoms. The Bertz CT molecular complexity index is 602. The summed E-state index contributed by atoms with van der Waals surface area (Å²) in [7, 11) is 0. The third kappa shape index (κ3) is 3.68. The predicted octanol–water partition coefficient (Wildman–Crippen LogP) is 1.86. The van der Waals surface area contributed by atoms with Gasteiger partial charge in [0.05, 0.1) is 11.1 Å². The number of piperazine rings is 1. The molecule has 1 aliphatic rings. The molecule has 0 bridgehead atoms. The van der Waals surface area contributed by atoms with Gasteiger partial charge in [0.25, 0.3) is 5.91 Å². The molecule has 1 aliphatic heterocycles. The van der Waals surface area contributed by atoms with Crippen LogP contribution in [0.15, 0.2) is 12.4 Å². The van der Waals surface area contributed by atoms with Gasteiger partial charge in [0, 0.05) is 44.4 Å². The second-order valence-electron chi connectivity index (χ2n) is 7.76. The lowest BCUT2D eigenvalue weighted by Gasteiger charge is -2.46. The number of carbonyl (C=O) groups excluding carboxylic acids is 2. The third-order valence-electron chi connectivity index (χ3n) is 4.16. The van der Waals surface area contributed by atoms with Gasteiger partial charge in [0.15, 0.2) is 0 Å². The molecule has 0 aliphatic carbocycles. The minimum absolute atomic E-state index is 0.0445. The molecule has 0 radical (unpaired) electrons. The Morgan fingerprint density at radius 1 is 1.13 bits per heavy atom. The largest absolute Gasteiger partial charge is 0.339 e. The van der Waals surface area contributed by atoms with Crippen LogP contribution in [-0.4, -0.2) is 56.8 Å². The van der Waals surface area contributed by atoms with Crippen LogP contribution in [0.5, 0.6) is 0 Å². The standard InChI is InChI=1S/C17H26N4O2/c1-12(22)20-7-8-21(17(5,6)11-20)14(23)13-9-18-15(19-10-13)16(2,3)4/h9-10H,7-8,11H2,1-6H3. The number of rotatable bonds is 1. The fourth-order valence-electron chi connectivity index (χ4n) is 2.78. The van der Waals surface area contributed by atoms with Gasteiger partial charge in [-0.1, -0.05) is 20.8 Å². The van der Waals surface area contributed by atoms with Crippen molar-refractivity contribution < 1.29 is 9.59 Å². The quantitative estimate of drug-likeness (QED) is 0.792. The van der Waals surface area contributed by atoms with E-state index in [4.69, 9.17) is 0 Å². The molecule has 2 rings (SSSR count). The van der Waals surface area contributed by atoms with E-state index >= 15 is 0 Å². The highest BCUT2D eigenvalue weighted by Crippen LogP contribution is 2.24. The molecule has 0 N–H and O–H groups in total. The lowest BCUT2D eigenvalue weighted by atomic mass is 9.95. The Hall–Kier alpha value is -1.98. The van der Waals surface area contributed by atoms with Crippen LogP contribution in [0.2, 0.25) is 0 Å². The van der Waals surface area contributed by atoms with Crippen LogP contribution >= 0.6 is 0 Å². The molecular formula is C17H26N4O2. The highest BCUT2D eigenvalue weighted by molar-refractivity contribution is 5.94. The number of hydrogen-bond acceptors (Lipinski definition) is 4. The van der Waals surface area contributed by atoms with Crippen molar-refractivity contribution in [3.63, 3.8) is 0 Å².